The fourth-order valence-electron chi connectivity index (χ4n) is 2.87. The van der Waals surface area contributed by atoms with E-state index in [0.717, 1.165) is 18.2 Å². The van der Waals surface area contributed by atoms with Gasteiger partial charge in [-0.05, 0) is 48.0 Å². The van der Waals surface area contributed by atoms with Crippen molar-refractivity contribution in [1.29, 1.82) is 0 Å². The quantitative estimate of drug-likeness (QED) is 0.502. The van der Waals surface area contributed by atoms with Gasteiger partial charge >= 0.3 is 5.63 Å². The first-order chi connectivity index (χ1) is 14.5. The van der Waals surface area contributed by atoms with Crippen molar-refractivity contribution < 1.29 is 22.7 Å². The second kappa shape index (κ2) is 8.12. The molecule has 6 nitrogen and oxygen atoms in total. The Balaban J connectivity index is 1.53. The fourth-order valence-corrected chi connectivity index (χ4v) is 2.87. The highest BCUT2D eigenvalue weighted by Crippen LogP contribution is 2.25. The van der Waals surface area contributed by atoms with Gasteiger partial charge in [0.1, 0.15) is 23.0 Å². The van der Waals surface area contributed by atoms with Crippen LogP contribution in [0, 0.1) is 11.6 Å². The van der Waals surface area contributed by atoms with Gasteiger partial charge < -0.3 is 14.5 Å². The molecule has 0 atom stereocenters. The van der Waals surface area contributed by atoms with Gasteiger partial charge in [0.15, 0.2) is 6.61 Å². The van der Waals surface area contributed by atoms with E-state index in [1.54, 1.807) is 30.5 Å². The molecule has 0 unspecified atom stereocenters. The van der Waals surface area contributed by atoms with Gasteiger partial charge in [-0.1, -0.05) is 0 Å². The summed E-state index contributed by atoms with van der Waals surface area (Å²) in [4.78, 5) is 28.2. The summed E-state index contributed by atoms with van der Waals surface area (Å²) >= 11 is 0. The predicted molar refractivity (Wildman–Crippen MR) is 106 cm³/mol. The van der Waals surface area contributed by atoms with E-state index in [9.17, 15) is 18.4 Å². The van der Waals surface area contributed by atoms with E-state index >= 15 is 0 Å². The maximum atomic E-state index is 13.5. The summed E-state index contributed by atoms with van der Waals surface area (Å²) in [6.07, 6.45) is 3.09. The third-order valence-electron chi connectivity index (χ3n) is 4.20. The molecule has 2 aromatic carbocycles. The van der Waals surface area contributed by atoms with Crippen molar-refractivity contribution >= 4 is 22.6 Å². The van der Waals surface area contributed by atoms with Crippen LogP contribution >= 0.6 is 0 Å². The summed E-state index contributed by atoms with van der Waals surface area (Å²) in [5.41, 5.74) is 0.114. The molecule has 2 heterocycles. The monoisotopic (exact) mass is 408 g/mol. The topological polar surface area (TPSA) is 81.4 Å². The summed E-state index contributed by atoms with van der Waals surface area (Å²) in [5.74, 6) is -1.65. The number of nitrogens with one attached hydrogen (secondary N) is 1. The highest BCUT2D eigenvalue weighted by atomic mass is 19.1. The Bertz CT molecular complexity index is 1270. The lowest BCUT2D eigenvalue weighted by atomic mass is 10.1. The summed E-state index contributed by atoms with van der Waals surface area (Å²) in [6, 6.07) is 12.4. The van der Waals surface area contributed by atoms with Gasteiger partial charge in [-0.2, -0.15) is 0 Å². The SMILES string of the molecule is O=C(COc1ccc2cc(-c3cc(F)cc(F)c3)c(=O)oc2c1)Nc1cccnc1. The molecule has 4 aromatic rings. The van der Waals surface area contributed by atoms with Crippen molar-refractivity contribution in [1.82, 2.24) is 4.98 Å². The molecule has 0 saturated carbocycles. The van der Waals surface area contributed by atoms with Crippen molar-refractivity contribution in [2.24, 2.45) is 0 Å². The molecule has 30 heavy (non-hydrogen) atoms. The lowest BCUT2D eigenvalue weighted by Gasteiger charge is -2.08. The largest absolute Gasteiger partial charge is 0.484 e. The van der Waals surface area contributed by atoms with Gasteiger partial charge in [-0.3, -0.25) is 9.78 Å². The van der Waals surface area contributed by atoms with Crippen LogP contribution in [0.1, 0.15) is 0 Å². The molecule has 0 aliphatic heterocycles. The number of aromatic nitrogens is 1. The zero-order valence-electron chi connectivity index (χ0n) is 15.4. The average Bonchev–Trinajstić information content (AvgIpc) is 2.71. The van der Waals surface area contributed by atoms with Gasteiger partial charge in [0, 0.05) is 23.7 Å². The minimum Gasteiger partial charge on any atom is -0.484 e. The van der Waals surface area contributed by atoms with Crippen LogP contribution in [0.5, 0.6) is 5.75 Å². The highest BCUT2D eigenvalue weighted by Gasteiger charge is 2.12. The number of nitrogens with zero attached hydrogens (tertiary/aromatic N) is 1. The molecule has 1 amide bonds. The van der Waals surface area contributed by atoms with E-state index in [0.29, 0.717) is 16.8 Å². The molecule has 150 valence electrons. The number of fused-ring (bicyclic) bond motifs is 1. The first-order valence-electron chi connectivity index (χ1n) is 8.85. The van der Waals surface area contributed by atoms with E-state index in [1.807, 2.05) is 0 Å². The van der Waals surface area contributed by atoms with E-state index in [1.165, 1.54) is 18.3 Å². The molecule has 8 heteroatoms. The maximum absolute atomic E-state index is 13.5. The summed E-state index contributed by atoms with van der Waals surface area (Å²) in [6.45, 7) is -0.259. The second-order valence-corrected chi connectivity index (χ2v) is 6.38. The smallest absolute Gasteiger partial charge is 0.344 e. The van der Waals surface area contributed by atoms with Crippen LogP contribution in [0.25, 0.3) is 22.1 Å². The number of halogens is 2. The first-order valence-corrected chi connectivity index (χ1v) is 8.85. The number of pyridine rings is 1. The molecule has 0 fully saturated rings. The normalized spacial score (nSPS) is 10.7. The lowest BCUT2D eigenvalue weighted by molar-refractivity contribution is -0.118. The number of rotatable bonds is 5. The third kappa shape index (κ3) is 4.33. The minimum absolute atomic E-state index is 0.0328. The predicted octanol–water partition coefficient (Wildman–Crippen LogP) is 4.15. The van der Waals surface area contributed by atoms with E-state index in [-0.39, 0.29) is 29.2 Å². The first kappa shape index (κ1) is 19.3. The number of hydrogen-bond acceptors (Lipinski definition) is 5. The Kier molecular flexibility index (Phi) is 5.21. The summed E-state index contributed by atoms with van der Waals surface area (Å²) in [7, 11) is 0. The Morgan fingerprint density at radius 2 is 1.87 bits per heavy atom. The lowest BCUT2D eigenvalue weighted by Crippen LogP contribution is -2.20. The molecule has 0 aliphatic carbocycles. The Hall–Kier alpha value is -4.07. The zero-order valence-corrected chi connectivity index (χ0v) is 15.4. The molecule has 0 saturated heterocycles. The molecular formula is C22H14F2N2O4. The van der Waals surface area contributed by atoms with Crippen molar-refractivity contribution in [3.8, 4) is 16.9 Å². The van der Waals surface area contributed by atoms with Gasteiger partial charge in [0.2, 0.25) is 0 Å². The number of carbonyl (C=O) groups is 1. The van der Waals surface area contributed by atoms with Crippen molar-refractivity contribution in [3.63, 3.8) is 0 Å². The number of ether oxygens (including phenoxy) is 1. The van der Waals surface area contributed by atoms with Crippen molar-refractivity contribution in [2.45, 2.75) is 0 Å². The van der Waals surface area contributed by atoms with E-state index in [4.69, 9.17) is 9.15 Å². The van der Waals surface area contributed by atoms with Crippen LogP contribution in [-0.2, 0) is 4.79 Å². The van der Waals surface area contributed by atoms with Crippen molar-refractivity contribution in [3.05, 3.63) is 89.0 Å². The minimum atomic E-state index is -0.794. The number of anilines is 1. The van der Waals surface area contributed by atoms with Crippen LogP contribution in [0.15, 0.2) is 76.2 Å². The van der Waals surface area contributed by atoms with Crippen LogP contribution < -0.4 is 15.7 Å². The standard InChI is InChI=1S/C22H14F2N2O4/c23-15-6-14(7-16(24)9-15)19-8-13-3-4-18(10-20(13)30-22(19)28)29-12-21(27)26-17-2-1-5-25-11-17/h1-11H,12H2,(H,26,27). The second-order valence-electron chi connectivity index (χ2n) is 6.38. The number of hydrogen-bond donors (Lipinski definition) is 1. The average molecular weight is 408 g/mol. The van der Waals surface area contributed by atoms with Crippen molar-refractivity contribution in [2.75, 3.05) is 11.9 Å². The molecule has 0 radical (unpaired) electrons. The number of amides is 1. The Labute approximate surface area is 168 Å². The number of carbonyl (C=O) groups excluding carboxylic acids is 1. The number of benzene rings is 2. The Morgan fingerprint density at radius 3 is 2.60 bits per heavy atom. The van der Waals surface area contributed by atoms with E-state index in [2.05, 4.69) is 10.3 Å². The third-order valence-corrected chi connectivity index (χ3v) is 4.20. The highest BCUT2D eigenvalue weighted by molar-refractivity contribution is 5.91. The molecule has 0 spiro atoms. The molecule has 0 aliphatic rings. The van der Waals surface area contributed by atoms with Crippen LogP contribution in [0.4, 0.5) is 14.5 Å². The molecule has 2 aromatic heterocycles. The summed E-state index contributed by atoms with van der Waals surface area (Å²) in [5, 5.41) is 3.16. The molecular weight excluding hydrogens is 394 g/mol. The van der Waals surface area contributed by atoms with Gasteiger partial charge in [-0.15, -0.1) is 0 Å². The van der Waals surface area contributed by atoms with Gasteiger partial charge in [-0.25, -0.2) is 13.6 Å². The molecule has 1 N–H and O–H groups in total. The van der Waals surface area contributed by atoms with Crippen LogP contribution in [-0.4, -0.2) is 17.5 Å². The zero-order chi connectivity index (χ0) is 21.1. The molecule has 0 bridgehead atoms. The van der Waals surface area contributed by atoms with Gasteiger partial charge in [0.05, 0.1) is 17.4 Å². The van der Waals surface area contributed by atoms with Crippen LogP contribution in [0.3, 0.4) is 0 Å². The summed E-state index contributed by atoms with van der Waals surface area (Å²) < 4.78 is 37.7. The molecule has 4 rings (SSSR count). The van der Waals surface area contributed by atoms with Gasteiger partial charge in [0.25, 0.3) is 5.91 Å². The van der Waals surface area contributed by atoms with Crippen LogP contribution in [0.2, 0.25) is 0 Å². The maximum Gasteiger partial charge on any atom is 0.344 e. The fraction of sp³-hybridized carbons (Fsp3) is 0.0455. The Morgan fingerprint density at radius 1 is 1.07 bits per heavy atom. The van der Waals surface area contributed by atoms with E-state index < -0.39 is 17.3 Å².